The van der Waals surface area contributed by atoms with Gasteiger partial charge in [-0.2, -0.15) is 0 Å². The highest BCUT2D eigenvalue weighted by Gasteiger charge is 2.35. The molecule has 1 amide bonds. The highest BCUT2D eigenvalue weighted by Crippen LogP contribution is 2.27. The molecule has 0 bridgehead atoms. The fourth-order valence-electron chi connectivity index (χ4n) is 3.36. The number of amides is 1. The maximum absolute atomic E-state index is 12.3. The van der Waals surface area contributed by atoms with E-state index in [2.05, 4.69) is 0 Å². The summed E-state index contributed by atoms with van der Waals surface area (Å²) in [5.41, 5.74) is 5.91. The van der Waals surface area contributed by atoms with E-state index in [4.69, 9.17) is 15.2 Å². The maximum atomic E-state index is 12.3. The van der Waals surface area contributed by atoms with Gasteiger partial charge in [-0.15, -0.1) is 0 Å². The Labute approximate surface area is 121 Å². The minimum absolute atomic E-state index is 0.0108. The van der Waals surface area contributed by atoms with E-state index < -0.39 is 0 Å². The third-order valence-corrected chi connectivity index (χ3v) is 4.83. The summed E-state index contributed by atoms with van der Waals surface area (Å²) in [4.78, 5) is 14.2. The fraction of sp³-hybridized carbons (Fsp3) is 0.933. The van der Waals surface area contributed by atoms with Crippen molar-refractivity contribution in [3.8, 4) is 0 Å². The Bertz CT molecular complexity index is 304. The molecule has 5 nitrogen and oxygen atoms in total. The number of hydrogen-bond donors (Lipinski definition) is 1. The first-order valence-electron chi connectivity index (χ1n) is 7.73. The van der Waals surface area contributed by atoms with Gasteiger partial charge >= 0.3 is 0 Å². The average molecular weight is 284 g/mol. The number of nitrogens with zero attached hydrogens (tertiary/aromatic N) is 1. The van der Waals surface area contributed by atoms with E-state index in [1.807, 2.05) is 4.90 Å². The zero-order chi connectivity index (χ0) is 14.5. The van der Waals surface area contributed by atoms with Crippen molar-refractivity contribution < 1.29 is 14.3 Å². The molecule has 2 aliphatic rings. The van der Waals surface area contributed by atoms with Crippen LogP contribution in [0.1, 0.15) is 38.5 Å². The van der Waals surface area contributed by atoms with Gasteiger partial charge in [0.05, 0.1) is 0 Å². The molecule has 0 aromatic carbocycles. The zero-order valence-corrected chi connectivity index (χ0v) is 12.7. The first-order valence-corrected chi connectivity index (χ1v) is 7.73. The van der Waals surface area contributed by atoms with Crippen LogP contribution in [0.5, 0.6) is 0 Å². The second-order valence-electron chi connectivity index (χ2n) is 6.17. The molecule has 0 aromatic rings. The number of carbonyl (C=O) groups excluding carboxylic acids is 1. The minimum atomic E-state index is 0.0108. The van der Waals surface area contributed by atoms with Crippen LogP contribution < -0.4 is 5.73 Å². The van der Waals surface area contributed by atoms with Gasteiger partial charge in [-0.05, 0) is 38.0 Å². The Morgan fingerprint density at radius 2 is 1.65 bits per heavy atom. The van der Waals surface area contributed by atoms with E-state index in [1.165, 1.54) is 12.8 Å². The van der Waals surface area contributed by atoms with Crippen LogP contribution in [0.3, 0.4) is 0 Å². The van der Waals surface area contributed by atoms with Crippen molar-refractivity contribution in [1.82, 2.24) is 4.90 Å². The molecule has 1 saturated carbocycles. The second-order valence-corrected chi connectivity index (χ2v) is 6.17. The van der Waals surface area contributed by atoms with Crippen molar-refractivity contribution in [1.29, 1.82) is 0 Å². The Kier molecular flexibility index (Phi) is 5.81. The predicted molar refractivity (Wildman–Crippen MR) is 77.3 cm³/mol. The van der Waals surface area contributed by atoms with Crippen LogP contribution in [-0.2, 0) is 14.3 Å². The number of ether oxygens (including phenoxy) is 2. The number of likely N-dealkylation sites (tertiary alicyclic amines) is 1. The fourth-order valence-corrected chi connectivity index (χ4v) is 3.36. The monoisotopic (exact) mass is 284 g/mol. The van der Waals surface area contributed by atoms with E-state index >= 15 is 0 Å². The summed E-state index contributed by atoms with van der Waals surface area (Å²) in [5, 5.41) is 0. The topological polar surface area (TPSA) is 64.8 Å². The summed E-state index contributed by atoms with van der Waals surface area (Å²) in [7, 11) is 3.35. The molecular weight excluding hydrogens is 256 g/mol. The summed E-state index contributed by atoms with van der Waals surface area (Å²) in [6, 6.07) is 0.380. The average Bonchev–Trinajstić information content (AvgIpc) is 2.89. The number of methoxy groups -OCH3 is 2. The lowest BCUT2D eigenvalue weighted by atomic mass is 9.84. The van der Waals surface area contributed by atoms with Gasteiger partial charge in [0.2, 0.25) is 5.91 Å². The Balaban J connectivity index is 1.72. The first kappa shape index (κ1) is 15.7. The molecule has 2 rings (SSSR count). The first-order chi connectivity index (χ1) is 9.63. The number of nitrogens with two attached hydrogens (primary N) is 1. The lowest BCUT2D eigenvalue weighted by Gasteiger charge is -2.26. The zero-order valence-electron chi connectivity index (χ0n) is 12.7. The largest absolute Gasteiger partial charge is 0.377 e. The smallest absolute Gasteiger partial charge is 0.222 e. The van der Waals surface area contributed by atoms with Gasteiger partial charge in [0, 0.05) is 39.8 Å². The van der Waals surface area contributed by atoms with E-state index in [-0.39, 0.29) is 18.1 Å². The van der Waals surface area contributed by atoms with Gasteiger partial charge < -0.3 is 20.1 Å². The summed E-state index contributed by atoms with van der Waals surface area (Å²) in [6.07, 6.45) is 6.24. The molecule has 2 fully saturated rings. The van der Waals surface area contributed by atoms with Gasteiger partial charge in [-0.25, -0.2) is 0 Å². The van der Waals surface area contributed by atoms with Crippen LogP contribution >= 0.6 is 0 Å². The summed E-state index contributed by atoms with van der Waals surface area (Å²) in [6.45, 7) is 1.31. The van der Waals surface area contributed by atoms with E-state index in [0.29, 0.717) is 31.5 Å². The second kappa shape index (κ2) is 7.38. The van der Waals surface area contributed by atoms with Crippen molar-refractivity contribution in [2.45, 2.75) is 56.8 Å². The van der Waals surface area contributed by atoms with Crippen molar-refractivity contribution in [3.05, 3.63) is 0 Å². The van der Waals surface area contributed by atoms with Crippen molar-refractivity contribution in [2.24, 2.45) is 11.7 Å². The van der Waals surface area contributed by atoms with Crippen molar-refractivity contribution in [2.75, 3.05) is 27.3 Å². The summed E-state index contributed by atoms with van der Waals surface area (Å²) >= 11 is 0. The number of rotatable bonds is 5. The highest BCUT2D eigenvalue weighted by molar-refractivity contribution is 5.76. The van der Waals surface area contributed by atoms with E-state index in [9.17, 15) is 4.79 Å². The third kappa shape index (κ3) is 3.93. The molecule has 2 unspecified atom stereocenters. The quantitative estimate of drug-likeness (QED) is 0.822. The van der Waals surface area contributed by atoms with Crippen LogP contribution in [-0.4, -0.2) is 56.4 Å². The SMILES string of the molecule is COC1CN(C(=O)CCC2CCC(N)CC2)CC1OC. The van der Waals surface area contributed by atoms with Gasteiger partial charge in [0.25, 0.3) is 0 Å². The highest BCUT2D eigenvalue weighted by atomic mass is 16.5. The molecule has 116 valence electrons. The van der Waals surface area contributed by atoms with Crippen molar-refractivity contribution >= 4 is 5.91 Å². The molecule has 1 heterocycles. The molecule has 1 aliphatic carbocycles. The van der Waals surface area contributed by atoms with Crippen molar-refractivity contribution in [3.63, 3.8) is 0 Å². The molecule has 0 spiro atoms. The Hall–Kier alpha value is -0.650. The van der Waals surface area contributed by atoms with Crippen LogP contribution in [0.25, 0.3) is 0 Å². The standard InChI is InChI=1S/C15H28N2O3/c1-19-13-9-17(10-14(13)20-2)15(18)8-5-11-3-6-12(16)7-4-11/h11-14H,3-10,16H2,1-2H3. The Morgan fingerprint density at radius 1 is 1.10 bits per heavy atom. The number of hydrogen-bond acceptors (Lipinski definition) is 4. The van der Waals surface area contributed by atoms with Crippen LogP contribution in [0.2, 0.25) is 0 Å². The Morgan fingerprint density at radius 3 is 2.15 bits per heavy atom. The summed E-state index contributed by atoms with van der Waals surface area (Å²) in [5.74, 6) is 0.916. The van der Waals surface area contributed by atoms with Gasteiger partial charge in [-0.1, -0.05) is 0 Å². The normalized spacial score (nSPS) is 34.5. The molecule has 5 heteroatoms. The van der Waals surface area contributed by atoms with Crippen LogP contribution in [0.4, 0.5) is 0 Å². The van der Waals surface area contributed by atoms with Gasteiger partial charge in [-0.3, -0.25) is 4.79 Å². The molecule has 20 heavy (non-hydrogen) atoms. The number of carbonyl (C=O) groups is 1. The van der Waals surface area contributed by atoms with E-state index in [1.54, 1.807) is 14.2 Å². The van der Waals surface area contributed by atoms with E-state index in [0.717, 1.165) is 19.3 Å². The maximum Gasteiger partial charge on any atom is 0.222 e. The van der Waals surface area contributed by atoms with Crippen LogP contribution in [0, 0.1) is 5.92 Å². The van der Waals surface area contributed by atoms with Gasteiger partial charge in [0.15, 0.2) is 0 Å². The molecule has 2 N–H and O–H groups in total. The molecule has 2 atom stereocenters. The molecule has 1 aliphatic heterocycles. The van der Waals surface area contributed by atoms with Crippen LogP contribution in [0.15, 0.2) is 0 Å². The third-order valence-electron chi connectivity index (χ3n) is 4.83. The molecule has 1 saturated heterocycles. The van der Waals surface area contributed by atoms with Gasteiger partial charge in [0.1, 0.15) is 12.2 Å². The summed E-state index contributed by atoms with van der Waals surface area (Å²) < 4.78 is 10.7. The molecule has 0 radical (unpaired) electrons. The lowest BCUT2D eigenvalue weighted by molar-refractivity contribution is -0.131. The minimum Gasteiger partial charge on any atom is -0.377 e. The predicted octanol–water partition coefficient (Wildman–Crippen LogP) is 1.16. The molecular formula is C15H28N2O3. The lowest BCUT2D eigenvalue weighted by Crippen LogP contribution is -2.31. The molecule has 0 aromatic heterocycles.